The Bertz CT molecular complexity index is 995. The molecule has 1 aliphatic heterocycles. The molecule has 33 heavy (non-hydrogen) atoms. The summed E-state index contributed by atoms with van der Waals surface area (Å²) in [5.41, 5.74) is 2.75. The van der Waals surface area contributed by atoms with Gasteiger partial charge < -0.3 is 19.5 Å². The van der Waals surface area contributed by atoms with E-state index in [9.17, 15) is 14.4 Å². The molecule has 0 saturated heterocycles. The molecular weight excluding hydrogens is 446 g/mol. The van der Waals surface area contributed by atoms with Gasteiger partial charge in [0.25, 0.3) is 0 Å². The normalized spacial score (nSPS) is 22.8. The number of esters is 2. The Morgan fingerprint density at radius 1 is 1.18 bits per heavy atom. The molecule has 0 spiro atoms. The molecule has 0 radical (unpaired) electrons. The first-order chi connectivity index (χ1) is 15.6. The fourth-order valence-corrected chi connectivity index (χ4v) is 4.56. The van der Waals surface area contributed by atoms with Gasteiger partial charge in [0.15, 0.2) is 5.78 Å². The summed E-state index contributed by atoms with van der Waals surface area (Å²) >= 11 is 6.09. The zero-order chi connectivity index (χ0) is 24.3. The fourth-order valence-electron chi connectivity index (χ4n) is 4.44. The largest absolute Gasteiger partial charge is 0.468 e. The number of ether oxygens (including phenoxy) is 3. The van der Waals surface area contributed by atoms with Crippen molar-refractivity contribution >= 4 is 29.3 Å². The summed E-state index contributed by atoms with van der Waals surface area (Å²) in [5.74, 6) is -3.32. The highest BCUT2D eigenvalue weighted by molar-refractivity contribution is 6.30. The van der Waals surface area contributed by atoms with Crippen LogP contribution in [0.15, 0.2) is 46.8 Å². The quantitative estimate of drug-likeness (QED) is 0.363. The molecular formula is C25H30ClNO6. The average Bonchev–Trinajstić information content (AvgIpc) is 2.75. The maximum Gasteiger partial charge on any atom is 0.336 e. The van der Waals surface area contributed by atoms with Crippen LogP contribution in [0.4, 0.5) is 0 Å². The molecule has 0 aromatic heterocycles. The highest BCUT2D eigenvalue weighted by Crippen LogP contribution is 2.45. The second-order valence-corrected chi connectivity index (χ2v) is 9.08. The Morgan fingerprint density at radius 2 is 1.85 bits per heavy atom. The third-order valence-corrected chi connectivity index (χ3v) is 6.19. The molecule has 7 nitrogen and oxygen atoms in total. The molecule has 1 aliphatic carbocycles. The zero-order valence-corrected chi connectivity index (χ0v) is 20.3. The van der Waals surface area contributed by atoms with Crippen LogP contribution in [0.25, 0.3) is 0 Å². The Balaban J connectivity index is 2.02. The number of nitrogens with one attached hydrogen (secondary N) is 1. The van der Waals surface area contributed by atoms with E-state index in [0.29, 0.717) is 39.5 Å². The lowest BCUT2D eigenvalue weighted by atomic mass is 9.69. The van der Waals surface area contributed by atoms with Crippen LogP contribution < -0.4 is 5.32 Å². The lowest BCUT2D eigenvalue weighted by molar-refractivity contribution is -0.151. The molecule has 1 aromatic carbocycles. The van der Waals surface area contributed by atoms with Gasteiger partial charge >= 0.3 is 11.9 Å². The van der Waals surface area contributed by atoms with Crippen LogP contribution in [0.5, 0.6) is 0 Å². The topological polar surface area (TPSA) is 90.9 Å². The minimum atomic E-state index is -0.930. The first-order valence-electron chi connectivity index (χ1n) is 11.0. The van der Waals surface area contributed by atoms with E-state index in [1.807, 2.05) is 20.8 Å². The molecule has 0 bridgehead atoms. The standard InChI is InChI=1S/C25H30ClNO6/c1-13(2)32-10-11-33-25(30)20-15(4)27-18-12-14(3)19(24(29)31-5)23(28)22(18)21(20)16-6-8-17(26)9-7-16/h6-9,13-14,19,21,27H,10-12H2,1-5H3/t14-,19+,21+/m0/s1. The van der Waals surface area contributed by atoms with Crippen molar-refractivity contribution in [2.75, 3.05) is 20.3 Å². The number of halogens is 1. The lowest BCUT2D eigenvalue weighted by Crippen LogP contribution is -2.43. The van der Waals surface area contributed by atoms with Crippen molar-refractivity contribution in [3.63, 3.8) is 0 Å². The average molecular weight is 476 g/mol. The van der Waals surface area contributed by atoms with Crippen LogP contribution in [-0.4, -0.2) is 44.1 Å². The number of carbonyl (C=O) groups excluding carboxylic acids is 3. The smallest absolute Gasteiger partial charge is 0.336 e. The summed E-state index contributed by atoms with van der Waals surface area (Å²) < 4.78 is 15.9. The minimum Gasteiger partial charge on any atom is -0.468 e. The highest BCUT2D eigenvalue weighted by atomic mass is 35.5. The number of hydrogen-bond donors (Lipinski definition) is 1. The number of benzene rings is 1. The van der Waals surface area contributed by atoms with Gasteiger partial charge in [-0.1, -0.05) is 30.7 Å². The molecule has 0 saturated carbocycles. The van der Waals surface area contributed by atoms with Gasteiger partial charge in [0.1, 0.15) is 12.5 Å². The van der Waals surface area contributed by atoms with Crippen LogP contribution in [0.1, 0.15) is 45.6 Å². The van der Waals surface area contributed by atoms with Crippen molar-refractivity contribution in [3.8, 4) is 0 Å². The fraction of sp³-hybridized carbons (Fsp3) is 0.480. The van der Waals surface area contributed by atoms with E-state index in [-0.39, 0.29) is 31.0 Å². The van der Waals surface area contributed by atoms with Crippen LogP contribution >= 0.6 is 11.6 Å². The maximum absolute atomic E-state index is 13.6. The molecule has 3 atom stereocenters. The number of rotatable bonds is 7. The van der Waals surface area contributed by atoms with Crippen LogP contribution in [0.3, 0.4) is 0 Å². The van der Waals surface area contributed by atoms with Gasteiger partial charge in [-0.05, 0) is 50.8 Å². The zero-order valence-electron chi connectivity index (χ0n) is 19.6. The number of ketones is 1. The van der Waals surface area contributed by atoms with Gasteiger partial charge in [-0.15, -0.1) is 0 Å². The number of methoxy groups -OCH3 is 1. The lowest BCUT2D eigenvalue weighted by Gasteiger charge is -2.38. The van der Waals surface area contributed by atoms with E-state index in [2.05, 4.69) is 5.32 Å². The summed E-state index contributed by atoms with van der Waals surface area (Å²) in [6, 6.07) is 6.98. The third kappa shape index (κ3) is 5.31. The Morgan fingerprint density at radius 3 is 2.45 bits per heavy atom. The van der Waals surface area contributed by atoms with Crippen molar-refractivity contribution in [1.29, 1.82) is 0 Å². The molecule has 1 aromatic rings. The molecule has 0 unspecified atom stereocenters. The molecule has 178 valence electrons. The molecule has 0 fully saturated rings. The first kappa shape index (κ1) is 25.0. The molecule has 1 heterocycles. The second-order valence-electron chi connectivity index (χ2n) is 8.64. The monoisotopic (exact) mass is 475 g/mol. The van der Waals surface area contributed by atoms with E-state index in [1.165, 1.54) is 7.11 Å². The third-order valence-electron chi connectivity index (χ3n) is 5.93. The second kappa shape index (κ2) is 10.5. The number of Topliss-reactive ketones (excluding diaryl/α,β-unsaturated/α-hetero) is 1. The summed E-state index contributed by atoms with van der Waals surface area (Å²) in [6.07, 6.45) is 0.500. The van der Waals surface area contributed by atoms with Crippen molar-refractivity contribution in [2.45, 2.75) is 46.1 Å². The number of dihydropyridines is 1. The summed E-state index contributed by atoms with van der Waals surface area (Å²) in [6.45, 7) is 7.79. The van der Waals surface area contributed by atoms with E-state index < -0.39 is 23.8 Å². The van der Waals surface area contributed by atoms with Gasteiger partial charge in [-0.2, -0.15) is 0 Å². The Kier molecular flexibility index (Phi) is 7.97. The number of carbonyl (C=O) groups is 3. The SMILES string of the molecule is COC(=O)[C@H]1C(=O)C2=C(C[C@@H]1C)NC(C)=C(C(=O)OCCOC(C)C)[C@H]2c1ccc(Cl)cc1. The molecule has 1 N–H and O–H groups in total. The van der Waals surface area contributed by atoms with Crippen molar-refractivity contribution in [1.82, 2.24) is 5.32 Å². The summed E-state index contributed by atoms with van der Waals surface area (Å²) in [5, 5.41) is 3.77. The number of allylic oxidation sites excluding steroid dienone is 3. The first-order valence-corrected chi connectivity index (χ1v) is 11.4. The van der Waals surface area contributed by atoms with Crippen LogP contribution in [0.2, 0.25) is 5.02 Å². The summed E-state index contributed by atoms with van der Waals surface area (Å²) in [4.78, 5) is 39.2. The van der Waals surface area contributed by atoms with E-state index in [4.69, 9.17) is 25.8 Å². The predicted molar refractivity (Wildman–Crippen MR) is 123 cm³/mol. The predicted octanol–water partition coefficient (Wildman–Crippen LogP) is 3.92. The van der Waals surface area contributed by atoms with E-state index in [1.54, 1.807) is 31.2 Å². The van der Waals surface area contributed by atoms with Gasteiger partial charge in [0.05, 0.1) is 25.4 Å². The highest BCUT2D eigenvalue weighted by Gasteiger charge is 2.47. The van der Waals surface area contributed by atoms with Crippen molar-refractivity contribution < 1.29 is 28.6 Å². The van der Waals surface area contributed by atoms with Gasteiger partial charge in [0.2, 0.25) is 0 Å². The summed E-state index contributed by atoms with van der Waals surface area (Å²) in [7, 11) is 1.27. The molecule has 2 aliphatic rings. The molecule has 8 heteroatoms. The Labute approximate surface area is 199 Å². The molecule has 0 amide bonds. The van der Waals surface area contributed by atoms with E-state index >= 15 is 0 Å². The van der Waals surface area contributed by atoms with Gasteiger partial charge in [-0.25, -0.2) is 4.79 Å². The molecule has 3 rings (SSSR count). The van der Waals surface area contributed by atoms with E-state index in [0.717, 1.165) is 0 Å². The minimum absolute atomic E-state index is 0.0210. The van der Waals surface area contributed by atoms with Gasteiger partial charge in [0, 0.05) is 27.9 Å². The number of hydrogen-bond acceptors (Lipinski definition) is 7. The van der Waals surface area contributed by atoms with Crippen molar-refractivity contribution in [2.24, 2.45) is 11.8 Å². The Hall–Kier alpha value is -2.64. The van der Waals surface area contributed by atoms with Gasteiger partial charge in [-0.3, -0.25) is 9.59 Å². The van der Waals surface area contributed by atoms with Crippen LogP contribution in [-0.2, 0) is 28.6 Å². The van der Waals surface area contributed by atoms with Crippen molar-refractivity contribution in [3.05, 3.63) is 57.4 Å². The van der Waals surface area contributed by atoms with Crippen LogP contribution in [0, 0.1) is 11.8 Å². The maximum atomic E-state index is 13.6.